The van der Waals surface area contributed by atoms with Gasteiger partial charge in [-0.2, -0.15) is 0 Å². The van der Waals surface area contributed by atoms with Gasteiger partial charge in [0.05, 0.1) is 30.8 Å². The van der Waals surface area contributed by atoms with E-state index in [4.69, 9.17) is 14.5 Å². The zero-order chi connectivity index (χ0) is 23.7. The summed E-state index contributed by atoms with van der Waals surface area (Å²) in [6.07, 6.45) is 2.91. The Hall–Kier alpha value is -3.46. The van der Waals surface area contributed by atoms with E-state index in [9.17, 15) is 4.79 Å². The fourth-order valence-corrected chi connectivity index (χ4v) is 4.73. The average molecular weight is 524 g/mol. The monoisotopic (exact) mass is 523 g/mol. The average Bonchev–Trinajstić information content (AvgIpc) is 3.20. The molecular weight excluding hydrogens is 498 g/mol. The van der Waals surface area contributed by atoms with E-state index in [1.54, 1.807) is 32.4 Å². The van der Waals surface area contributed by atoms with Crippen LogP contribution >= 0.6 is 15.9 Å². The van der Waals surface area contributed by atoms with Gasteiger partial charge in [-0.1, -0.05) is 15.9 Å². The van der Waals surface area contributed by atoms with Gasteiger partial charge in [-0.3, -0.25) is 0 Å². The van der Waals surface area contributed by atoms with Crippen LogP contribution in [0.25, 0.3) is 16.6 Å². The first-order valence-electron chi connectivity index (χ1n) is 11.2. The van der Waals surface area contributed by atoms with Crippen molar-refractivity contribution < 1.29 is 14.3 Å². The van der Waals surface area contributed by atoms with Gasteiger partial charge < -0.3 is 29.0 Å². The van der Waals surface area contributed by atoms with Crippen molar-refractivity contribution in [3.8, 4) is 11.5 Å². The number of fused-ring (bicyclic) bond motifs is 3. The Morgan fingerprint density at radius 1 is 0.971 bits per heavy atom. The predicted octanol–water partition coefficient (Wildman–Crippen LogP) is 5.01. The number of methoxy groups -OCH3 is 2. The first-order chi connectivity index (χ1) is 16.6. The van der Waals surface area contributed by atoms with Gasteiger partial charge in [0.2, 0.25) is 0 Å². The molecule has 0 atom stereocenters. The molecular formula is C25H26BrN5O3. The lowest BCUT2D eigenvalue weighted by Crippen LogP contribution is -2.38. The van der Waals surface area contributed by atoms with Crippen LogP contribution in [0.4, 0.5) is 16.3 Å². The topological polar surface area (TPSA) is 71.3 Å². The van der Waals surface area contributed by atoms with Crippen molar-refractivity contribution in [3.05, 3.63) is 59.2 Å². The lowest BCUT2D eigenvalue weighted by atomic mass is 10.2. The smallest absolute Gasteiger partial charge is 0.321 e. The summed E-state index contributed by atoms with van der Waals surface area (Å²) >= 11 is 3.56. The van der Waals surface area contributed by atoms with Crippen LogP contribution in [0.1, 0.15) is 6.42 Å². The molecule has 0 unspecified atom stereocenters. The highest BCUT2D eigenvalue weighted by molar-refractivity contribution is 9.10. The molecule has 1 aliphatic rings. The number of carbonyl (C=O) groups is 1. The first-order valence-corrected chi connectivity index (χ1v) is 12.0. The lowest BCUT2D eigenvalue weighted by Gasteiger charge is -2.24. The second-order valence-electron chi connectivity index (χ2n) is 8.19. The summed E-state index contributed by atoms with van der Waals surface area (Å²) in [6, 6.07) is 15.5. The zero-order valence-electron chi connectivity index (χ0n) is 19.1. The van der Waals surface area contributed by atoms with Crippen molar-refractivity contribution in [3.63, 3.8) is 0 Å². The van der Waals surface area contributed by atoms with E-state index in [0.717, 1.165) is 39.8 Å². The second kappa shape index (κ2) is 9.42. The molecule has 1 saturated heterocycles. The molecule has 34 heavy (non-hydrogen) atoms. The third-order valence-corrected chi connectivity index (χ3v) is 6.58. The van der Waals surface area contributed by atoms with Crippen LogP contribution in [0.15, 0.2) is 59.2 Å². The molecule has 1 fully saturated rings. The minimum atomic E-state index is -0.139. The Kier molecular flexibility index (Phi) is 6.19. The maximum absolute atomic E-state index is 13.0. The van der Waals surface area contributed by atoms with E-state index in [-0.39, 0.29) is 6.03 Å². The van der Waals surface area contributed by atoms with Gasteiger partial charge in [-0.25, -0.2) is 9.78 Å². The molecule has 2 aromatic heterocycles. The first kappa shape index (κ1) is 22.3. The highest BCUT2D eigenvalue weighted by Gasteiger charge is 2.22. The summed E-state index contributed by atoms with van der Waals surface area (Å²) in [4.78, 5) is 22.2. The number of carbonyl (C=O) groups excluding carboxylic acids is 1. The molecule has 8 nitrogen and oxygen atoms in total. The maximum atomic E-state index is 13.0. The van der Waals surface area contributed by atoms with Crippen LogP contribution in [-0.4, -0.2) is 60.7 Å². The number of benzene rings is 2. The van der Waals surface area contributed by atoms with Crippen molar-refractivity contribution in [2.75, 3.05) is 50.6 Å². The van der Waals surface area contributed by atoms with Crippen LogP contribution in [0.2, 0.25) is 0 Å². The maximum Gasteiger partial charge on any atom is 0.321 e. The molecule has 1 N–H and O–H groups in total. The normalized spacial score (nSPS) is 14.3. The van der Waals surface area contributed by atoms with Crippen molar-refractivity contribution >= 4 is 50.0 Å². The summed E-state index contributed by atoms with van der Waals surface area (Å²) in [7, 11) is 3.18. The summed E-state index contributed by atoms with van der Waals surface area (Å²) in [5.74, 6) is 2.19. The fourth-order valence-electron chi connectivity index (χ4n) is 4.38. The van der Waals surface area contributed by atoms with Crippen molar-refractivity contribution in [1.29, 1.82) is 0 Å². The van der Waals surface area contributed by atoms with E-state index in [2.05, 4.69) is 48.9 Å². The number of halogens is 1. The molecule has 5 rings (SSSR count). The summed E-state index contributed by atoms with van der Waals surface area (Å²) in [5, 5.41) is 2.98. The quantitative estimate of drug-likeness (QED) is 0.407. The number of nitrogens with zero attached hydrogens (tertiary/aromatic N) is 4. The number of amides is 2. The summed E-state index contributed by atoms with van der Waals surface area (Å²) in [5.41, 5.74) is 3.70. The van der Waals surface area contributed by atoms with E-state index >= 15 is 0 Å². The third-order valence-electron chi connectivity index (χ3n) is 6.09. The number of hydrogen-bond donors (Lipinski definition) is 1. The van der Waals surface area contributed by atoms with E-state index in [1.165, 1.54) is 0 Å². The number of anilines is 2. The van der Waals surface area contributed by atoms with Gasteiger partial charge >= 0.3 is 6.03 Å². The van der Waals surface area contributed by atoms with Crippen LogP contribution in [-0.2, 0) is 0 Å². The van der Waals surface area contributed by atoms with Crippen molar-refractivity contribution in [1.82, 2.24) is 14.3 Å². The number of urea groups is 1. The number of aromatic nitrogens is 2. The number of nitrogens with one attached hydrogen (secondary N) is 1. The van der Waals surface area contributed by atoms with Gasteiger partial charge in [0.25, 0.3) is 0 Å². The van der Waals surface area contributed by atoms with Crippen molar-refractivity contribution in [2.45, 2.75) is 6.42 Å². The van der Waals surface area contributed by atoms with Gasteiger partial charge in [-0.15, -0.1) is 0 Å². The second-order valence-corrected chi connectivity index (χ2v) is 9.11. The molecule has 3 heterocycles. The summed E-state index contributed by atoms with van der Waals surface area (Å²) in [6.45, 7) is 2.78. The molecule has 0 aliphatic carbocycles. The van der Waals surface area contributed by atoms with Crippen LogP contribution in [0, 0.1) is 0 Å². The Labute approximate surface area is 206 Å². The summed E-state index contributed by atoms with van der Waals surface area (Å²) < 4.78 is 13.8. The van der Waals surface area contributed by atoms with Gasteiger partial charge in [0.15, 0.2) is 5.82 Å². The number of hydrogen-bond acceptors (Lipinski definition) is 5. The molecule has 1 aliphatic heterocycles. The number of ether oxygens (including phenoxy) is 2. The van der Waals surface area contributed by atoms with Crippen LogP contribution in [0.5, 0.6) is 11.5 Å². The van der Waals surface area contributed by atoms with Crippen molar-refractivity contribution in [2.24, 2.45) is 0 Å². The fraction of sp³-hybridized carbons (Fsp3) is 0.280. The third kappa shape index (κ3) is 4.35. The zero-order valence-corrected chi connectivity index (χ0v) is 20.7. The Morgan fingerprint density at radius 2 is 1.76 bits per heavy atom. The number of rotatable bonds is 4. The van der Waals surface area contributed by atoms with E-state index in [1.807, 2.05) is 23.1 Å². The molecule has 9 heteroatoms. The largest absolute Gasteiger partial charge is 0.497 e. The minimum absolute atomic E-state index is 0.139. The Bertz CT molecular complexity index is 1330. The molecule has 0 spiro atoms. The standard InChI is InChI=1S/C25H26BrN5O3/c1-33-19-14-18(15-20(16-19)34-2)27-25(32)30-9-4-8-29(11-12-30)24-23-5-3-10-31(23)22-7-6-17(26)13-21(22)28-24/h3,5-7,10,13-16H,4,8-9,11-12H2,1-2H3,(H,27,32). The van der Waals surface area contributed by atoms with Gasteiger partial charge in [-0.05, 0) is 36.8 Å². The molecule has 0 radical (unpaired) electrons. The molecule has 0 saturated carbocycles. The highest BCUT2D eigenvalue weighted by atomic mass is 79.9. The van der Waals surface area contributed by atoms with E-state index < -0.39 is 0 Å². The van der Waals surface area contributed by atoms with Crippen LogP contribution in [0.3, 0.4) is 0 Å². The SMILES string of the molecule is COc1cc(NC(=O)N2CCCN(c3nc4cc(Br)ccc4n4cccc34)CC2)cc(OC)c1. The molecule has 2 aromatic carbocycles. The minimum Gasteiger partial charge on any atom is -0.497 e. The molecule has 0 bridgehead atoms. The Morgan fingerprint density at radius 3 is 2.53 bits per heavy atom. The highest BCUT2D eigenvalue weighted by Crippen LogP contribution is 2.29. The van der Waals surface area contributed by atoms with Gasteiger partial charge in [0.1, 0.15) is 11.5 Å². The molecule has 4 aromatic rings. The van der Waals surface area contributed by atoms with Gasteiger partial charge in [0, 0.05) is 60.7 Å². The van der Waals surface area contributed by atoms with E-state index in [0.29, 0.717) is 36.8 Å². The predicted molar refractivity (Wildman–Crippen MR) is 137 cm³/mol. The lowest BCUT2D eigenvalue weighted by molar-refractivity contribution is 0.215. The Balaban J connectivity index is 1.35. The van der Waals surface area contributed by atoms with Crippen LogP contribution < -0.4 is 19.7 Å². The molecule has 2 amide bonds. The molecule has 176 valence electrons.